The summed E-state index contributed by atoms with van der Waals surface area (Å²) in [6, 6.07) is 8.54. The van der Waals surface area contributed by atoms with Crippen LogP contribution in [0.5, 0.6) is 11.5 Å². The van der Waals surface area contributed by atoms with Gasteiger partial charge >= 0.3 is 0 Å². The Balaban J connectivity index is 1.36. The summed E-state index contributed by atoms with van der Waals surface area (Å²) in [7, 11) is 0. The summed E-state index contributed by atoms with van der Waals surface area (Å²) in [5, 5.41) is 3.53. The third-order valence-electron chi connectivity index (χ3n) is 3.98. The summed E-state index contributed by atoms with van der Waals surface area (Å²) in [4.78, 5) is 0. The predicted molar refractivity (Wildman–Crippen MR) is 82.0 cm³/mol. The van der Waals surface area contributed by atoms with Gasteiger partial charge in [-0.2, -0.15) is 0 Å². The van der Waals surface area contributed by atoms with E-state index in [0.29, 0.717) is 19.3 Å². The number of ether oxygens (including phenoxy) is 3. The van der Waals surface area contributed by atoms with Crippen molar-refractivity contribution < 1.29 is 14.2 Å². The van der Waals surface area contributed by atoms with Crippen molar-refractivity contribution >= 4 is 0 Å². The van der Waals surface area contributed by atoms with Gasteiger partial charge in [0.2, 0.25) is 0 Å². The molecular weight excluding hydrogens is 266 g/mol. The maximum absolute atomic E-state index is 6.01. The molecular formula is C17H25NO3. The van der Waals surface area contributed by atoms with Crippen molar-refractivity contribution in [2.75, 3.05) is 19.8 Å². The third-order valence-corrected chi connectivity index (χ3v) is 3.98. The molecule has 1 saturated heterocycles. The lowest BCUT2D eigenvalue weighted by molar-refractivity contribution is 0.0184. The number of hydrogen-bond acceptors (Lipinski definition) is 4. The third kappa shape index (κ3) is 4.61. The Kier molecular flexibility index (Phi) is 4.99. The molecule has 0 amide bonds. The molecule has 4 nitrogen and oxygen atoms in total. The Labute approximate surface area is 126 Å². The van der Waals surface area contributed by atoms with Crippen molar-refractivity contribution in [2.45, 2.75) is 50.9 Å². The minimum Gasteiger partial charge on any atom is -0.494 e. The van der Waals surface area contributed by atoms with E-state index in [1.165, 1.54) is 12.8 Å². The zero-order valence-electron chi connectivity index (χ0n) is 12.7. The predicted octanol–water partition coefficient (Wildman–Crippen LogP) is 2.76. The molecule has 1 aliphatic carbocycles. The molecule has 1 aromatic carbocycles. The fourth-order valence-electron chi connectivity index (χ4n) is 2.63. The molecule has 2 fully saturated rings. The molecule has 116 valence electrons. The highest BCUT2D eigenvalue weighted by atomic mass is 16.5. The first-order valence-electron chi connectivity index (χ1n) is 8.08. The molecule has 1 aliphatic heterocycles. The summed E-state index contributed by atoms with van der Waals surface area (Å²) in [5.41, 5.74) is 0. The van der Waals surface area contributed by atoms with E-state index >= 15 is 0 Å². The van der Waals surface area contributed by atoms with Gasteiger partial charge < -0.3 is 19.5 Å². The van der Waals surface area contributed by atoms with Gasteiger partial charge in [0.1, 0.15) is 18.1 Å². The fraction of sp³-hybridized carbons (Fsp3) is 0.647. The van der Waals surface area contributed by atoms with Crippen LogP contribution in [0.15, 0.2) is 24.3 Å². The van der Waals surface area contributed by atoms with Gasteiger partial charge in [-0.1, -0.05) is 0 Å². The van der Waals surface area contributed by atoms with E-state index in [1.807, 2.05) is 31.2 Å². The lowest BCUT2D eigenvalue weighted by Gasteiger charge is -2.15. The Morgan fingerprint density at radius 3 is 2.33 bits per heavy atom. The Hall–Kier alpha value is -1.26. The summed E-state index contributed by atoms with van der Waals surface area (Å²) in [6.07, 6.45) is 5.47. The normalized spacial score (nSPS) is 25.0. The highest BCUT2D eigenvalue weighted by Crippen LogP contribution is 2.24. The van der Waals surface area contributed by atoms with E-state index in [-0.39, 0.29) is 6.10 Å². The van der Waals surface area contributed by atoms with Crippen molar-refractivity contribution in [3.05, 3.63) is 24.3 Å². The van der Waals surface area contributed by atoms with Crippen LogP contribution >= 0.6 is 0 Å². The van der Waals surface area contributed by atoms with E-state index in [4.69, 9.17) is 14.2 Å². The minimum atomic E-state index is 0.225. The van der Waals surface area contributed by atoms with Crippen LogP contribution < -0.4 is 14.8 Å². The average Bonchev–Trinajstić information content (AvgIpc) is 3.23. The second kappa shape index (κ2) is 7.14. The molecule has 3 rings (SSSR count). The second-order valence-electron chi connectivity index (χ2n) is 5.86. The van der Waals surface area contributed by atoms with Crippen LogP contribution in [0.3, 0.4) is 0 Å². The van der Waals surface area contributed by atoms with E-state index in [1.54, 1.807) is 0 Å². The lowest BCUT2D eigenvalue weighted by atomic mass is 10.2. The standard InChI is InChI=1S/C17H25NO3/c1-2-19-14-5-7-15(8-6-14)20-12-17-10-9-16(21-17)11-18-13-3-4-13/h5-8,13,16-18H,2-4,9-12H2,1H3. The lowest BCUT2D eigenvalue weighted by Crippen LogP contribution is -2.29. The highest BCUT2D eigenvalue weighted by molar-refractivity contribution is 5.31. The molecule has 1 aromatic rings. The van der Waals surface area contributed by atoms with Crippen LogP contribution in [0.25, 0.3) is 0 Å². The van der Waals surface area contributed by atoms with Gasteiger partial charge in [0.05, 0.1) is 18.8 Å². The maximum atomic E-state index is 6.01. The highest BCUT2D eigenvalue weighted by Gasteiger charge is 2.28. The first kappa shape index (κ1) is 14.7. The molecule has 0 radical (unpaired) electrons. The van der Waals surface area contributed by atoms with E-state index in [9.17, 15) is 0 Å². The molecule has 0 aromatic heterocycles. The average molecular weight is 291 g/mol. The summed E-state index contributed by atoms with van der Waals surface area (Å²) < 4.78 is 17.2. The molecule has 4 heteroatoms. The largest absolute Gasteiger partial charge is 0.494 e. The zero-order chi connectivity index (χ0) is 14.5. The maximum Gasteiger partial charge on any atom is 0.119 e. The number of hydrogen-bond donors (Lipinski definition) is 1. The summed E-state index contributed by atoms with van der Waals surface area (Å²) in [5.74, 6) is 1.76. The van der Waals surface area contributed by atoms with Gasteiger partial charge in [-0.15, -0.1) is 0 Å². The molecule has 2 aliphatic rings. The van der Waals surface area contributed by atoms with E-state index in [0.717, 1.165) is 36.9 Å². The van der Waals surface area contributed by atoms with Crippen LogP contribution in [0, 0.1) is 0 Å². The van der Waals surface area contributed by atoms with Crippen molar-refractivity contribution in [1.29, 1.82) is 0 Å². The number of nitrogens with one attached hydrogen (secondary N) is 1. The molecule has 2 atom stereocenters. The summed E-state index contributed by atoms with van der Waals surface area (Å²) in [6.45, 7) is 4.29. The van der Waals surface area contributed by atoms with Crippen LogP contribution in [-0.4, -0.2) is 38.0 Å². The number of benzene rings is 1. The van der Waals surface area contributed by atoms with E-state index in [2.05, 4.69) is 5.32 Å². The van der Waals surface area contributed by atoms with Crippen LogP contribution in [0.2, 0.25) is 0 Å². The first-order valence-corrected chi connectivity index (χ1v) is 8.08. The Morgan fingerprint density at radius 1 is 1.00 bits per heavy atom. The monoisotopic (exact) mass is 291 g/mol. The molecule has 1 heterocycles. The van der Waals surface area contributed by atoms with Gasteiger partial charge in [-0.25, -0.2) is 0 Å². The van der Waals surface area contributed by atoms with Crippen LogP contribution in [0.1, 0.15) is 32.6 Å². The van der Waals surface area contributed by atoms with Gasteiger partial charge in [-0.05, 0) is 56.9 Å². The SMILES string of the molecule is CCOc1ccc(OCC2CCC(CNC3CC3)O2)cc1. The quantitative estimate of drug-likeness (QED) is 0.799. The van der Waals surface area contributed by atoms with Crippen LogP contribution in [-0.2, 0) is 4.74 Å². The van der Waals surface area contributed by atoms with Gasteiger partial charge in [0.25, 0.3) is 0 Å². The van der Waals surface area contributed by atoms with Gasteiger partial charge in [-0.3, -0.25) is 0 Å². The molecule has 1 saturated carbocycles. The van der Waals surface area contributed by atoms with Gasteiger partial charge in [0.15, 0.2) is 0 Å². The molecule has 2 unspecified atom stereocenters. The Morgan fingerprint density at radius 2 is 1.67 bits per heavy atom. The van der Waals surface area contributed by atoms with Gasteiger partial charge in [0, 0.05) is 12.6 Å². The molecule has 0 bridgehead atoms. The zero-order valence-corrected chi connectivity index (χ0v) is 12.7. The van der Waals surface area contributed by atoms with Crippen LogP contribution in [0.4, 0.5) is 0 Å². The first-order chi connectivity index (χ1) is 10.3. The van der Waals surface area contributed by atoms with E-state index < -0.39 is 0 Å². The summed E-state index contributed by atoms with van der Waals surface area (Å²) >= 11 is 0. The van der Waals surface area contributed by atoms with Crippen molar-refractivity contribution in [3.8, 4) is 11.5 Å². The second-order valence-corrected chi connectivity index (χ2v) is 5.86. The van der Waals surface area contributed by atoms with Crippen molar-refractivity contribution in [1.82, 2.24) is 5.32 Å². The van der Waals surface area contributed by atoms with Crippen molar-refractivity contribution in [2.24, 2.45) is 0 Å². The molecule has 21 heavy (non-hydrogen) atoms. The fourth-order valence-corrected chi connectivity index (χ4v) is 2.63. The Bertz CT molecular complexity index is 430. The molecule has 1 N–H and O–H groups in total. The smallest absolute Gasteiger partial charge is 0.119 e. The number of rotatable bonds is 8. The molecule has 0 spiro atoms. The van der Waals surface area contributed by atoms with Crippen molar-refractivity contribution in [3.63, 3.8) is 0 Å². The topological polar surface area (TPSA) is 39.7 Å². The minimum absolute atomic E-state index is 0.225.